The van der Waals surface area contributed by atoms with Crippen LogP contribution >= 0.6 is 0 Å². The van der Waals surface area contributed by atoms with E-state index in [0.29, 0.717) is 6.10 Å². The molecule has 0 saturated carbocycles. The van der Waals surface area contributed by atoms with Gasteiger partial charge in [-0.25, -0.2) is 0 Å². The van der Waals surface area contributed by atoms with Crippen molar-refractivity contribution in [2.75, 3.05) is 26.8 Å². The third-order valence-corrected chi connectivity index (χ3v) is 4.29. The lowest BCUT2D eigenvalue weighted by molar-refractivity contribution is -0.195. The Morgan fingerprint density at radius 3 is 2.95 bits per heavy atom. The van der Waals surface area contributed by atoms with Gasteiger partial charge >= 0.3 is 0 Å². The van der Waals surface area contributed by atoms with Gasteiger partial charge in [0.2, 0.25) is 0 Å². The maximum absolute atomic E-state index is 5.99. The normalized spacial score (nSPS) is 26.6. The lowest BCUT2D eigenvalue weighted by Crippen LogP contribution is -2.65. The third-order valence-electron chi connectivity index (χ3n) is 4.29. The van der Waals surface area contributed by atoms with Gasteiger partial charge in [0.15, 0.2) is 0 Å². The first-order chi connectivity index (χ1) is 9.10. The van der Waals surface area contributed by atoms with Gasteiger partial charge in [-0.3, -0.25) is 9.58 Å². The van der Waals surface area contributed by atoms with Crippen LogP contribution in [-0.2, 0) is 23.1 Å². The lowest BCUT2D eigenvalue weighted by atomic mass is 9.84. The summed E-state index contributed by atoms with van der Waals surface area (Å²) in [6.45, 7) is 5.85. The molecule has 2 fully saturated rings. The summed E-state index contributed by atoms with van der Waals surface area (Å²) in [5.41, 5.74) is 2.40. The zero-order chi connectivity index (χ0) is 13.5. The Bertz CT molecular complexity index is 452. The molecule has 1 aromatic rings. The van der Waals surface area contributed by atoms with Crippen molar-refractivity contribution in [3.8, 4) is 0 Å². The predicted molar refractivity (Wildman–Crippen MR) is 71.9 cm³/mol. The Balaban J connectivity index is 1.56. The number of aromatic nitrogens is 2. The Morgan fingerprint density at radius 2 is 2.32 bits per heavy atom. The number of hydrogen-bond donors (Lipinski definition) is 0. The van der Waals surface area contributed by atoms with Crippen molar-refractivity contribution in [2.45, 2.75) is 38.0 Å². The topological polar surface area (TPSA) is 39.5 Å². The van der Waals surface area contributed by atoms with Crippen LogP contribution in [0.1, 0.15) is 24.2 Å². The van der Waals surface area contributed by atoms with Gasteiger partial charge in [0.05, 0.1) is 23.1 Å². The van der Waals surface area contributed by atoms with Crippen LogP contribution in [0.3, 0.4) is 0 Å². The molecule has 1 atom stereocenters. The van der Waals surface area contributed by atoms with Gasteiger partial charge in [0, 0.05) is 46.8 Å². The summed E-state index contributed by atoms with van der Waals surface area (Å²) in [5.74, 6) is 0. The van der Waals surface area contributed by atoms with Gasteiger partial charge in [-0.15, -0.1) is 0 Å². The monoisotopic (exact) mass is 265 g/mol. The summed E-state index contributed by atoms with van der Waals surface area (Å²) in [4.78, 5) is 2.43. The van der Waals surface area contributed by atoms with Crippen LogP contribution in [0.25, 0.3) is 0 Å². The SMILES string of the molecule is CO[C@H]1CCOC2(C1)CN(Cc1cc(C)nn1C)C2. The summed E-state index contributed by atoms with van der Waals surface area (Å²) in [7, 11) is 3.81. The Morgan fingerprint density at radius 1 is 1.53 bits per heavy atom. The van der Waals surface area contributed by atoms with E-state index in [1.165, 1.54) is 5.69 Å². The van der Waals surface area contributed by atoms with E-state index in [-0.39, 0.29) is 5.60 Å². The molecule has 5 heteroatoms. The molecule has 2 aliphatic heterocycles. The fraction of sp³-hybridized carbons (Fsp3) is 0.786. The molecule has 19 heavy (non-hydrogen) atoms. The highest BCUT2D eigenvalue weighted by Gasteiger charge is 2.47. The summed E-state index contributed by atoms with van der Waals surface area (Å²) < 4.78 is 13.5. The average Bonchev–Trinajstić information content (AvgIpc) is 2.66. The maximum atomic E-state index is 5.99. The standard InChI is InChI=1S/C14H23N3O2/c1-11-6-12(16(2)15-11)8-17-9-14(10-17)7-13(18-3)4-5-19-14/h6,13H,4-5,7-10H2,1-3H3/t13-/m0/s1. The van der Waals surface area contributed by atoms with E-state index >= 15 is 0 Å². The third kappa shape index (κ3) is 2.55. The van der Waals surface area contributed by atoms with Crippen LogP contribution in [0.2, 0.25) is 0 Å². The number of nitrogens with zero attached hydrogens (tertiary/aromatic N) is 3. The van der Waals surface area contributed by atoms with Crippen LogP contribution in [0, 0.1) is 6.92 Å². The van der Waals surface area contributed by atoms with E-state index in [2.05, 4.69) is 16.1 Å². The predicted octanol–water partition coefficient (Wildman–Crippen LogP) is 1.11. The highest BCUT2D eigenvalue weighted by Crippen LogP contribution is 2.35. The molecule has 0 aromatic carbocycles. The van der Waals surface area contributed by atoms with Crippen molar-refractivity contribution in [3.63, 3.8) is 0 Å². The number of aryl methyl sites for hydroxylation is 2. The van der Waals surface area contributed by atoms with Crippen LogP contribution in [-0.4, -0.2) is 53.2 Å². The first-order valence-electron chi connectivity index (χ1n) is 6.99. The molecule has 0 unspecified atom stereocenters. The van der Waals surface area contributed by atoms with Crippen LogP contribution < -0.4 is 0 Å². The lowest BCUT2D eigenvalue weighted by Gasteiger charge is -2.53. The fourth-order valence-corrected chi connectivity index (χ4v) is 3.33. The Hall–Kier alpha value is -0.910. The molecule has 1 spiro atoms. The summed E-state index contributed by atoms with van der Waals surface area (Å²) in [5, 5.41) is 4.39. The maximum Gasteiger partial charge on any atom is 0.0959 e. The van der Waals surface area contributed by atoms with Gasteiger partial charge in [0.1, 0.15) is 0 Å². The molecular weight excluding hydrogens is 242 g/mol. The molecule has 0 amide bonds. The highest BCUT2D eigenvalue weighted by molar-refractivity contribution is 5.11. The van der Waals surface area contributed by atoms with Gasteiger partial charge in [-0.2, -0.15) is 5.10 Å². The molecule has 3 rings (SSSR count). The first kappa shape index (κ1) is 13.1. The van der Waals surface area contributed by atoms with Crippen molar-refractivity contribution < 1.29 is 9.47 Å². The van der Waals surface area contributed by atoms with Gasteiger partial charge in [-0.05, 0) is 19.4 Å². The Labute approximate surface area is 114 Å². The minimum absolute atomic E-state index is 0.0482. The number of rotatable bonds is 3. The molecule has 106 valence electrons. The van der Waals surface area contributed by atoms with Gasteiger partial charge < -0.3 is 9.47 Å². The smallest absolute Gasteiger partial charge is 0.0959 e. The number of methoxy groups -OCH3 is 1. The van der Waals surface area contributed by atoms with E-state index in [4.69, 9.17) is 9.47 Å². The molecule has 0 aliphatic carbocycles. The Kier molecular flexibility index (Phi) is 3.37. The highest BCUT2D eigenvalue weighted by atomic mass is 16.5. The first-order valence-corrected chi connectivity index (χ1v) is 6.99. The molecule has 3 heterocycles. The largest absolute Gasteiger partial charge is 0.381 e. The summed E-state index contributed by atoms with van der Waals surface area (Å²) in [6, 6.07) is 2.16. The number of hydrogen-bond acceptors (Lipinski definition) is 4. The number of ether oxygens (including phenoxy) is 2. The van der Waals surface area contributed by atoms with Crippen molar-refractivity contribution in [1.29, 1.82) is 0 Å². The van der Waals surface area contributed by atoms with Crippen molar-refractivity contribution in [2.24, 2.45) is 7.05 Å². The van der Waals surface area contributed by atoms with Crippen LogP contribution in [0.15, 0.2) is 6.07 Å². The molecule has 0 N–H and O–H groups in total. The zero-order valence-corrected chi connectivity index (χ0v) is 12.1. The fourth-order valence-electron chi connectivity index (χ4n) is 3.33. The quantitative estimate of drug-likeness (QED) is 0.821. The van der Waals surface area contributed by atoms with Gasteiger partial charge in [-0.1, -0.05) is 0 Å². The molecule has 2 saturated heterocycles. The minimum Gasteiger partial charge on any atom is -0.381 e. The van der Waals surface area contributed by atoms with E-state index in [1.54, 1.807) is 7.11 Å². The van der Waals surface area contributed by atoms with E-state index in [9.17, 15) is 0 Å². The molecule has 1 aromatic heterocycles. The molecule has 0 radical (unpaired) electrons. The van der Waals surface area contributed by atoms with Crippen molar-refractivity contribution in [3.05, 3.63) is 17.5 Å². The second-order valence-electron chi connectivity index (χ2n) is 5.93. The summed E-state index contributed by atoms with van der Waals surface area (Å²) >= 11 is 0. The van der Waals surface area contributed by atoms with Crippen molar-refractivity contribution in [1.82, 2.24) is 14.7 Å². The number of likely N-dealkylation sites (tertiary alicyclic amines) is 1. The average molecular weight is 265 g/mol. The van der Waals surface area contributed by atoms with E-state index in [0.717, 1.165) is 44.8 Å². The molecule has 5 nitrogen and oxygen atoms in total. The summed E-state index contributed by atoms with van der Waals surface area (Å²) in [6.07, 6.45) is 2.43. The van der Waals surface area contributed by atoms with E-state index in [1.807, 2.05) is 18.7 Å². The molecular formula is C14H23N3O2. The minimum atomic E-state index is 0.0482. The van der Waals surface area contributed by atoms with Gasteiger partial charge in [0.25, 0.3) is 0 Å². The van der Waals surface area contributed by atoms with Crippen LogP contribution in [0.5, 0.6) is 0 Å². The van der Waals surface area contributed by atoms with Crippen molar-refractivity contribution >= 4 is 0 Å². The molecule has 2 aliphatic rings. The zero-order valence-electron chi connectivity index (χ0n) is 12.1. The molecule has 0 bridgehead atoms. The second kappa shape index (κ2) is 4.89. The van der Waals surface area contributed by atoms with Crippen LogP contribution in [0.4, 0.5) is 0 Å². The second-order valence-corrected chi connectivity index (χ2v) is 5.93. The van der Waals surface area contributed by atoms with E-state index < -0.39 is 0 Å².